The van der Waals surface area contributed by atoms with E-state index in [2.05, 4.69) is 29.2 Å². The average molecular weight is 440 g/mol. The average Bonchev–Trinajstić information content (AvgIpc) is 3.52. The summed E-state index contributed by atoms with van der Waals surface area (Å²) in [6.07, 6.45) is 3.98. The van der Waals surface area contributed by atoms with Crippen molar-refractivity contribution in [3.63, 3.8) is 0 Å². The molecular weight excluding hydrogens is 414 g/mol. The van der Waals surface area contributed by atoms with Crippen LogP contribution in [0.1, 0.15) is 54.7 Å². The first-order chi connectivity index (χ1) is 15.0. The summed E-state index contributed by atoms with van der Waals surface area (Å²) in [5.74, 6) is 0.260. The normalized spacial score (nSPS) is 16.8. The monoisotopic (exact) mass is 439 g/mol. The Balaban J connectivity index is 1.54. The van der Waals surface area contributed by atoms with E-state index >= 15 is 0 Å². The van der Waals surface area contributed by atoms with Gasteiger partial charge in [-0.1, -0.05) is 17.7 Å². The predicted octanol–water partition coefficient (Wildman–Crippen LogP) is 4.63. The van der Waals surface area contributed by atoms with Gasteiger partial charge in [0.2, 0.25) is 0 Å². The van der Waals surface area contributed by atoms with Crippen molar-refractivity contribution in [2.24, 2.45) is 0 Å². The molecule has 1 aliphatic heterocycles. The molecule has 1 aliphatic carbocycles. The molecule has 1 saturated carbocycles. The highest BCUT2D eigenvalue weighted by Gasteiger charge is 2.29. The van der Waals surface area contributed by atoms with Gasteiger partial charge in [0, 0.05) is 30.7 Å². The number of amides is 1. The summed E-state index contributed by atoms with van der Waals surface area (Å²) < 4.78 is 7.36. The zero-order valence-corrected chi connectivity index (χ0v) is 18.5. The maximum absolute atomic E-state index is 13.5. The second-order valence-electron chi connectivity index (χ2n) is 8.48. The van der Waals surface area contributed by atoms with Gasteiger partial charge in [0.25, 0.3) is 5.91 Å². The summed E-state index contributed by atoms with van der Waals surface area (Å²) in [5.41, 5.74) is 3.88. The molecule has 8 heteroatoms. The number of fused-ring (bicyclic) bond motifs is 1. The van der Waals surface area contributed by atoms with Gasteiger partial charge in [0.05, 0.1) is 46.8 Å². The lowest BCUT2D eigenvalue weighted by Gasteiger charge is -2.31. The lowest BCUT2D eigenvalue weighted by Crippen LogP contribution is -2.37. The van der Waals surface area contributed by atoms with E-state index < -0.39 is 0 Å². The zero-order valence-electron chi connectivity index (χ0n) is 17.8. The quantitative estimate of drug-likeness (QED) is 0.627. The van der Waals surface area contributed by atoms with E-state index in [0.717, 1.165) is 48.3 Å². The summed E-state index contributed by atoms with van der Waals surface area (Å²) in [6, 6.07) is 7.70. The van der Waals surface area contributed by atoms with Crippen molar-refractivity contribution in [3.05, 3.63) is 46.7 Å². The molecule has 31 heavy (non-hydrogen) atoms. The van der Waals surface area contributed by atoms with Crippen LogP contribution < -0.4 is 10.2 Å². The second kappa shape index (κ2) is 8.13. The van der Waals surface area contributed by atoms with E-state index in [-0.39, 0.29) is 11.9 Å². The number of nitrogens with one attached hydrogen (secondary N) is 1. The molecule has 0 atom stereocenters. The first-order valence-electron chi connectivity index (χ1n) is 10.8. The maximum atomic E-state index is 13.5. The van der Waals surface area contributed by atoms with Crippen LogP contribution in [0.4, 0.5) is 11.4 Å². The number of pyridine rings is 1. The third-order valence-corrected chi connectivity index (χ3v) is 6.18. The van der Waals surface area contributed by atoms with Crippen LogP contribution in [0.3, 0.4) is 0 Å². The number of benzene rings is 1. The molecule has 2 aromatic heterocycles. The van der Waals surface area contributed by atoms with Crippen molar-refractivity contribution in [3.8, 4) is 0 Å². The summed E-state index contributed by atoms with van der Waals surface area (Å²) in [7, 11) is 0. The Hall–Kier alpha value is -2.64. The fourth-order valence-electron chi connectivity index (χ4n) is 4.11. The molecule has 0 unspecified atom stereocenters. The van der Waals surface area contributed by atoms with Crippen LogP contribution in [0.25, 0.3) is 11.0 Å². The molecule has 1 N–H and O–H groups in total. The minimum atomic E-state index is -0.172. The highest BCUT2D eigenvalue weighted by atomic mass is 35.5. The van der Waals surface area contributed by atoms with Crippen LogP contribution in [0.5, 0.6) is 0 Å². The van der Waals surface area contributed by atoms with Gasteiger partial charge in [-0.2, -0.15) is 5.10 Å². The van der Waals surface area contributed by atoms with E-state index in [4.69, 9.17) is 21.3 Å². The number of aromatic nitrogens is 3. The number of morpholine rings is 1. The van der Waals surface area contributed by atoms with Crippen LogP contribution in [0.2, 0.25) is 5.02 Å². The molecule has 7 nitrogen and oxygen atoms in total. The van der Waals surface area contributed by atoms with Crippen LogP contribution >= 0.6 is 11.6 Å². The lowest BCUT2D eigenvalue weighted by molar-refractivity contribution is 0.102. The van der Waals surface area contributed by atoms with Crippen molar-refractivity contribution in [1.82, 2.24) is 14.8 Å². The molecular formula is C23H26ClN5O2. The summed E-state index contributed by atoms with van der Waals surface area (Å²) in [5, 5.41) is 9.00. The number of carbonyl (C=O) groups is 1. The third kappa shape index (κ3) is 3.88. The van der Waals surface area contributed by atoms with Gasteiger partial charge in [-0.25, -0.2) is 9.67 Å². The van der Waals surface area contributed by atoms with Crippen LogP contribution in [0, 0.1) is 0 Å². The summed E-state index contributed by atoms with van der Waals surface area (Å²) >= 11 is 6.54. The number of halogens is 1. The number of hydrogen-bond donors (Lipinski definition) is 1. The van der Waals surface area contributed by atoms with Crippen LogP contribution in [-0.2, 0) is 4.74 Å². The van der Waals surface area contributed by atoms with E-state index in [9.17, 15) is 4.79 Å². The topological polar surface area (TPSA) is 72.3 Å². The molecule has 3 heterocycles. The number of ether oxygens (including phenoxy) is 1. The molecule has 3 aromatic rings. The Morgan fingerprint density at radius 2 is 2.03 bits per heavy atom. The molecule has 5 rings (SSSR count). The minimum absolute atomic E-state index is 0.163. The van der Waals surface area contributed by atoms with Gasteiger partial charge in [-0.3, -0.25) is 4.79 Å². The highest BCUT2D eigenvalue weighted by Crippen LogP contribution is 2.41. The van der Waals surface area contributed by atoms with Gasteiger partial charge in [0.15, 0.2) is 5.65 Å². The van der Waals surface area contributed by atoms with Crippen molar-refractivity contribution in [1.29, 1.82) is 0 Å². The van der Waals surface area contributed by atoms with E-state index in [1.165, 1.54) is 0 Å². The minimum Gasteiger partial charge on any atom is -0.378 e. The van der Waals surface area contributed by atoms with Gasteiger partial charge < -0.3 is 15.0 Å². The smallest absolute Gasteiger partial charge is 0.256 e. The van der Waals surface area contributed by atoms with Gasteiger partial charge in [-0.05, 0) is 44.9 Å². The highest BCUT2D eigenvalue weighted by molar-refractivity contribution is 6.34. The Labute approximate surface area is 186 Å². The van der Waals surface area contributed by atoms with E-state index in [0.29, 0.717) is 35.4 Å². The molecule has 1 aromatic carbocycles. The summed E-state index contributed by atoms with van der Waals surface area (Å²) in [4.78, 5) is 20.5. The van der Waals surface area contributed by atoms with Crippen molar-refractivity contribution < 1.29 is 9.53 Å². The number of nitrogens with zero attached hydrogens (tertiary/aromatic N) is 4. The molecule has 1 amide bonds. The predicted molar refractivity (Wildman–Crippen MR) is 122 cm³/mol. The standard InChI is InChI=1S/C23H26ClN5O2/c1-14(2)29-22-17(13-25-29)16(12-20(26-22)15-6-7-15)23(30)27-19-5-3-4-18(24)21(19)28-8-10-31-11-9-28/h3-5,12-15H,6-11H2,1-2H3,(H,27,30). The molecule has 0 bridgehead atoms. The molecule has 162 valence electrons. The number of anilines is 2. The second-order valence-corrected chi connectivity index (χ2v) is 8.89. The first kappa shape index (κ1) is 20.3. The fraction of sp³-hybridized carbons (Fsp3) is 0.435. The Bertz CT molecular complexity index is 1130. The first-order valence-corrected chi connectivity index (χ1v) is 11.2. The van der Waals surface area contributed by atoms with Gasteiger partial charge in [-0.15, -0.1) is 0 Å². The largest absolute Gasteiger partial charge is 0.378 e. The van der Waals surface area contributed by atoms with Crippen LogP contribution in [0.15, 0.2) is 30.5 Å². The van der Waals surface area contributed by atoms with Crippen molar-refractivity contribution in [2.75, 3.05) is 36.5 Å². The number of hydrogen-bond acceptors (Lipinski definition) is 5. The maximum Gasteiger partial charge on any atom is 0.256 e. The van der Waals surface area contributed by atoms with Crippen molar-refractivity contribution in [2.45, 2.75) is 38.6 Å². The molecule has 0 spiro atoms. The zero-order chi connectivity index (χ0) is 21.5. The lowest BCUT2D eigenvalue weighted by atomic mass is 10.1. The van der Waals surface area contributed by atoms with Gasteiger partial charge in [0.1, 0.15) is 0 Å². The number of para-hydroxylation sites is 1. The SMILES string of the molecule is CC(C)n1ncc2c(C(=O)Nc3cccc(Cl)c3N3CCOCC3)cc(C3CC3)nc21. The Morgan fingerprint density at radius 3 is 2.74 bits per heavy atom. The molecule has 0 radical (unpaired) electrons. The summed E-state index contributed by atoms with van der Waals surface area (Å²) in [6.45, 7) is 6.89. The van der Waals surface area contributed by atoms with Crippen molar-refractivity contribution >= 4 is 39.9 Å². The molecule has 1 saturated heterocycles. The number of carbonyl (C=O) groups excluding carboxylic acids is 1. The third-order valence-electron chi connectivity index (χ3n) is 5.88. The Morgan fingerprint density at radius 1 is 1.26 bits per heavy atom. The van der Waals surface area contributed by atoms with Crippen LogP contribution in [-0.4, -0.2) is 47.0 Å². The number of rotatable bonds is 5. The molecule has 2 fully saturated rings. The van der Waals surface area contributed by atoms with Gasteiger partial charge >= 0.3 is 0 Å². The van der Waals surface area contributed by atoms with E-state index in [1.807, 2.05) is 28.9 Å². The fourth-order valence-corrected chi connectivity index (χ4v) is 4.40. The molecule has 2 aliphatic rings. The van der Waals surface area contributed by atoms with E-state index in [1.54, 1.807) is 6.20 Å². The Kier molecular flexibility index (Phi) is 5.32.